The number of hydrogen-bond acceptors (Lipinski definition) is 8. The molecule has 0 fully saturated rings. The van der Waals surface area contributed by atoms with Crippen LogP contribution >= 0.6 is 0 Å². The van der Waals surface area contributed by atoms with Gasteiger partial charge in [0.15, 0.2) is 0 Å². The molecule has 0 radical (unpaired) electrons. The van der Waals surface area contributed by atoms with Crippen LogP contribution in [0.3, 0.4) is 0 Å². The number of carbonyl (C=O) groups is 2. The van der Waals surface area contributed by atoms with Gasteiger partial charge in [-0.2, -0.15) is 52.7 Å². The van der Waals surface area contributed by atoms with Crippen LogP contribution in [0.25, 0.3) is 137 Å². The maximum absolute atomic E-state index is 15.6. The molecule has 16 bridgehead atoms. The van der Waals surface area contributed by atoms with E-state index in [0.717, 1.165) is 42.5 Å². The molecule has 0 spiro atoms. The Labute approximate surface area is 629 Å². The fraction of sp³-hybridized carbons (Fsp3) is 0.171. The number of esters is 2. The van der Waals surface area contributed by atoms with Crippen molar-refractivity contribution in [1.82, 2.24) is 39.9 Å². The summed E-state index contributed by atoms with van der Waals surface area (Å²) in [5, 5.41) is 0. The van der Waals surface area contributed by atoms with Crippen LogP contribution < -0.4 is 9.97 Å². The third kappa shape index (κ3) is 16.2. The van der Waals surface area contributed by atoms with Crippen molar-refractivity contribution in [3.8, 4) is 56.3 Å². The predicted octanol–water partition coefficient (Wildman–Crippen LogP) is 22.0. The Morgan fingerprint density at radius 3 is 0.927 bits per heavy atom. The number of ether oxygens (including phenoxy) is 2. The number of nitrogens with zero attached hydrogens (tertiary/aromatic N) is 6. The zero-order chi connectivity index (χ0) is 76.6. The first-order valence-corrected chi connectivity index (χ1v) is 41.3. The summed E-state index contributed by atoms with van der Waals surface area (Å²) < 4.78 is 198. The van der Waals surface area contributed by atoms with Crippen molar-refractivity contribution in [2.24, 2.45) is 0 Å². The van der Waals surface area contributed by atoms with E-state index in [9.17, 15) is 9.59 Å². The zero-order valence-corrected chi connectivity index (χ0v) is 63.8. The SMILES string of the molecule is C[Si](C)(C)CCOC(=O)c1ccc(-c2c3nc(c(C(F)(F)F)c4ccc([n-]4)c(-c4ccc(C#Cc5ccc(-c6c7nc(c(C(F)(F)F)c8ccc([nH]8)c(-c8ccc(C(=O)OCC[Si](C)(C)C)cc8)c8nc(c(C(F)(F)F)c9ccc6[nH]9)C=C8)C=C7)cc5)cc4)c4nc(c(C(F)(F)F)c5ccc2[n-]5)C=C4)C=C3)cc1.[Zn+2]. The first-order valence-electron chi connectivity index (χ1n) is 33.9. The molecule has 10 aromatic rings. The monoisotopic (exact) mass is 1570 g/mol. The summed E-state index contributed by atoms with van der Waals surface area (Å²) in [6, 6.07) is 35.7. The molecule has 14 rings (SSSR count). The average Bonchev–Trinajstić information content (AvgIpc) is 1.62. The first kappa shape index (κ1) is 76.0. The van der Waals surface area contributed by atoms with Crippen LogP contribution in [0.15, 0.2) is 146 Å². The predicted molar refractivity (Wildman–Crippen MR) is 400 cm³/mol. The van der Waals surface area contributed by atoms with E-state index in [4.69, 9.17) is 9.47 Å². The summed E-state index contributed by atoms with van der Waals surface area (Å²) in [5.74, 6) is 4.86. The molecular formula is C82H60F12N8O4Si2Zn. The van der Waals surface area contributed by atoms with Crippen LogP contribution in [0.2, 0.25) is 51.4 Å². The Hall–Kier alpha value is -11.2. The summed E-state index contributed by atoms with van der Waals surface area (Å²) in [7, 11) is -3.10. The number of fused-ring (bicyclic) bond motifs is 16. The normalized spacial score (nSPS) is 13.0. The second-order valence-corrected chi connectivity index (χ2v) is 39.6. The first-order chi connectivity index (χ1) is 51.1. The third-order valence-electron chi connectivity index (χ3n) is 18.2. The molecule has 10 heterocycles. The summed E-state index contributed by atoms with van der Waals surface area (Å²) in [5.41, 5.74) is -6.40. The second kappa shape index (κ2) is 29.1. The van der Waals surface area contributed by atoms with E-state index in [-0.39, 0.29) is 122 Å². The minimum atomic E-state index is -5.05. The van der Waals surface area contributed by atoms with E-state index in [1.165, 1.54) is 109 Å². The largest absolute Gasteiger partial charge is 2.00 e. The van der Waals surface area contributed by atoms with Gasteiger partial charge < -0.3 is 29.4 Å². The molecule has 27 heteroatoms. The third-order valence-corrected chi connectivity index (χ3v) is 21.6. The van der Waals surface area contributed by atoms with Crippen molar-refractivity contribution in [3.63, 3.8) is 0 Å². The average molecular weight is 1570 g/mol. The van der Waals surface area contributed by atoms with Crippen molar-refractivity contribution in [2.45, 2.75) is 76.1 Å². The van der Waals surface area contributed by atoms with Gasteiger partial charge in [0.25, 0.3) is 0 Å². The molecule has 4 aliphatic heterocycles. The van der Waals surface area contributed by atoms with Crippen LogP contribution in [0, 0.1) is 11.8 Å². The van der Waals surface area contributed by atoms with E-state index in [1.807, 2.05) is 0 Å². The molecule has 546 valence electrons. The van der Waals surface area contributed by atoms with Crippen molar-refractivity contribution in [2.75, 3.05) is 13.2 Å². The van der Waals surface area contributed by atoms with Gasteiger partial charge in [-0.25, -0.2) is 29.5 Å². The van der Waals surface area contributed by atoms with E-state index in [2.05, 4.69) is 91.0 Å². The van der Waals surface area contributed by atoms with Crippen LogP contribution in [0.5, 0.6) is 0 Å². The molecular weight excluding hydrogens is 1510 g/mol. The van der Waals surface area contributed by atoms with Gasteiger partial charge in [0, 0.05) is 49.4 Å². The number of aromatic amines is 2. The Balaban J connectivity index is 0.0000105. The number of hydrogen-bond donors (Lipinski definition) is 2. The van der Waals surface area contributed by atoms with Gasteiger partial charge in [-0.3, -0.25) is 0 Å². The summed E-state index contributed by atoms with van der Waals surface area (Å²) in [6.45, 7) is 13.2. The number of rotatable bonds is 12. The smallest absolute Gasteiger partial charge is 0.657 e. The number of halogens is 12. The molecule has 4 aliphatic rings. The minimum Gasteiger partial charge on any atom is -0.657 e. The minimum absolute atomic E-state index is 0. The Morgan fingerprint density at radius 1 is 0.349 bits per heavy atom. The molecule has 109 heavy (non-hydrogen) atoms. The van der Waals surface area contributed by atoms with Gasteiger partial charge >= 0.3 is 56.1 Å². The Morgan fingerprint density at radius 2 is 0.615 bits per heavy atom. The Bertz CT molecular complexity index is 5500. The fourth-order valence-electron chi connectivity index (χ4n) is 12.9. The van der Waals surface area contributed by atoms with Crippen molar-refractivity contribution in [3.05, 3.63) is 236 Å². The number of nitrogens with one attached hydrogen (secondary N) is 2. The van der Waals surface area contributed by atoms with E-state index < -0.39 is 120 Å². The molecule has 12 nitrogen and oxygen atoms in total. The van der Waals surface area contributed by atoms with Gasteiger partial charge in [0.05, 0.1) is 92.1 Å². The summed E-state index contributed by atoms with van der Waals surface area (Å²) >= 11 is 0. The number of benzene rings is 4. The summed E-state index contributed by atoms with van der Waals surface area (Å²) in [4.78, 5) is 58.6. The maximum atomic E-state index is 15.6. The van der Waals surface area contributed by atoms with Gasteiger partial charge in [-0.15, -0.1) is 22.1 Å². The van der Waals surface area contributed by atoms with Gasteiger partial charge in [0.1, 0.15) is 11.1 Å². The molecule has 4 aromatic carbocycles. The molecule has 2 N–H and O–H groups in total. The van der Waals surface area contributed by atoms with Gasteiger partial charge in [-0.05, 0) is 167 Å². The van der Waals surface area contributed by atoms with E-state index >= 15 is 52.7 Å². The van der Waals surface area contributed by atoms with Crippen molar-refractivity contribution in [1.29, 1.82) is 0 Å². The fourth-order valence-corrected chi connectivity index (χ4v) is 14.3. The molecule has 0 saturated heterocycles. The molecule has 0 aliphatic carbocycles. The summed E-state index contributed by atoms with van der Waals surface area (Å²) in [6.07, 6.45) is -10.3. The van der Waals surface area contributed by atoms with Crippen molar-refractivity contribution >= 4 is 121 Å². The van der Waals surface area contributed by atoms with Crippen LogP contribution in [-0.4, -0.2) is 71.2 Å². The molecule has 0 atom stereocenters. The van der Waals surface area contributed by atoms with Crippen molar-refractivity contribution < 1.29 is 91.2 Å². The van der Waals surface area contributed by atoms with Crippen LogP contribution in [0.4, 0.5) is 52.7 Å². The second-order valence-electron chi connectivity index (χ2n) is 28.3. The number of carbonyl (C=O) groups excluding carboxylic acids is 2. The van der Waals surface area contributed by atoms with Gasteiger partial charge in [-0.1, -0.05) is 124 Å². The van der Waals surface area contributed by atoms with Crippen LogP contribution in [0.1, 0.15) is 99.6 Å². The zero-order valence-electron chi connectivity index (χ0n) is 58.9. The standard InChI is InChI=1S/C82H62F12N8O4Si2.Zn/c1-107(2,3)43-41-105-77(103)51-21-17-49(18-22-51)71-57-29-37-65(99-57)73(79(83,84)85)61-33-25-53(95-61)69(54-26-34-62(96-54)74(80(86,87)88)66-38-30-58(71)100-66)47-13-9-45(10-14-47)7-8-46-11-15-48(16-12-46)70-55-27-35-63(97-55)75(81(89,90)91)67-39-31-59(101-67)72(50-19-23-52(24-20-50)78(104)106-42-44-108(4,5)6)60-32-40-68(102-60)76(82(92,93)94)64-36-28-56(70)98-64;/h9-40H,41-44H2,1-6H3,(H4,95,96,97,98,99,100,101,102,103,104);/q;+2/p-2. The van der Waals surface area contributed by atoms with E-state index in [1.54, 1.807) is 48.5 Å². The Kier molecular flexibility index (Phi) is 20.3. The molecule has 0 amide bonds. The quantitative estimate of drug-likeness (QED) is 0.0521. The maximum Gasteiger partial charge on any atom is 2.00 e. The topological polar surface area (TPSA) is 164 Å². The number of alkyl halides is 12. The molecule has 6 aromatic heterocycles. The van der Waals surface area contributed by atoms with Gasteiger partial charge in [0.2, 0.25) is 0 Å². The number of H-pyrrole nitrogens is 2. The van der Waals surface area contributed by atoms with E-state index in [0.29, 0.717) is 28.3 Å². The molecule has 0 unspecified atom stereocenters. The molecule has 0 saturated carbocycles. The number of aromatic nitrogens is 8. The van der Waals surface area contributed by atoms with Crippen LogP contribution in [-0.2, 0) is 53.7 Å².